The molecule has 1 saturated heterocycles. The molecule has 1 fully saturated rings. The fourth-order valence-electron chi connectivity index (χ4n) is 4.50. The zero-order valence-electron chi connectivity index (χ0n) is 19.6. The molecule has 1 aliphatic rings. The molecular weight excluding hydrogens is 501 g/mol. The van der Waals surface area contributed by atoms with E-state index in [1.165, 1.54) is 17.4 Å². The highest BCUT2D eigenvalue weighted by Gasteiger charge is 2.25. The van der Waals surface area contributed by atoms with Gasteiger partial charge in [0.25, 0.3) is 10.0 Å². The van der Waals surface area contributed by atoms with Crippen molar-refractivity contribution in [1.29, 1.82) is 0 Å². The summed E-state index contributed by atoms with van der Waals surface area (Å²) < 4.78 is 43.4. The number of hydrogen-bond acceptors (Lipinski definition) is 6. The van der Waals surface area contributed by atoms with Crippen molar-refractivity contribution in [3.05, 3.63) is 72.1 Å². The molecule has 2 aromatic heterocycles. The molecule has 0 aliphatic carbocycles. The van der Waals surface area contributed by atoms with Gasteiger partial charge in [0.05, 0.1) is 10.4 Å². The Balaban J connectivity index is 1.17. The number of aromatic nitrogens is 2. The summed E-state index contributed by atoms with van der Waals surface area (Å²) in [5.74, 6) is -0.398. The number of piperidine rings is 1. The number of rotatable bonds is 7. The first kappa shape index (κ1) is 24.3. The van der Waals surface area contributed by atoms with Crippen molar-refractivity contribution in [2.45, 2.75) is 36.7 Å². The lowest BCUT2D eigenvalue weighted by Crippen LogP contribution is -2.46. The summed E-state index contributed by atoms with van der Waals surface area (Å²) in [6.07, 6.45) is 4.83. The second-order valence-electron chi connectivity index (χ2n) is 8.78. The summed E-state index contributed by atoms with van der Waals surface area (Å²) >= 11 is 1.22. The van der Waals surface area contributed by atoms with E-state index in [9.17, 15) is 17.6 Å². The Labute approximate surface area is 212 Å². The average Bonchev–Trinajstić information content (AvgIpc) is 3.54. The monoisotopic (exact) mass is 527 g/mol. The van der Waals surface area contributed by atoms with Crippen molar-refractivity contribution in [3.8, 4) is 0 Å². The first-order valence-corrected chi connectivity index (χ1v) is 14.0. The van der Waals surface area contributed by atoms with Gasteiger partial charge in [0, 0.05) is 48.0 Å². The molecule has 1 aliphatic heterocycles. The van der Waals surface area contributed by atoms with Gasteiger partial charge < -0.3 is 14.8 Å². The number of fused-ring (bicyclic) bond motifs is 1. The van der Waals surface area contributed by atoms with Crippen LogP contribution in [-0.4, -0.2) is 43.0 Å². The minimum atomic E-state index is -3.69. The SMILES string of the molecule is CC(C(=O)NC1CCN(c2ccc(S(=O)(=O)Nc3nccs3)cc2)CC1)n1ccc2c(F)cccc21. The molecule has 36 heavy (non-hydrogen) atoms. The van der Waals surface area contributed by atoms with Crippen LogP contribution in [0.5, 0.6) is 0 Å². The maximum atomic E-state index is 14.0. The normalized spacial score (nSPS) is 15.7. The van der Waals surface area contributed by atoms with Crippen molar-refractivity contribution in [2.75, 3.05) is 22.7 Å². The summed E-state index contributed by atoms with van der Waals surface area (Å²) in [5.41, 5.74) is 1.63. The second-order valence-corrected chi connectivity index (χ2v) is 11.4. The van der Waals surface area contributed by atoms with Crippen LogP contribution in [0.15, 0.2) is 71.2 Å². The number of nitrogens with zero attached hydrogens (tertiary/aromatic N) is 3. The lowest BCUT2D eigenvalue weighted by Gasteiger charge is -2.34. The predicted molar refractivity (Wildman–Crippen MR) is 139 cm³/mol. The lowest BCUT2D eigenvalue weighted by atomic mass is 10.0. The van der Waals surface area contributed by atoms with Crippen molar-refractivity contribution in [3.63, 3.8) is 0 Å². The van der Waals surface area contributed by atoms with E-state index in [-0.39, 0.29) is 22.7 Å². The number of hydrogen-bond donors (Lipinski definition) is 2. The molecule has 188 valence electrons. The summed E-state index contributed by atoms with van der Waals surface area (Å²) in [6.45, 7) is 3.29. The molecule has 2 N–H and O–H groups in total. The smallest absolute Gasteiger partial charge is 0.263 e. The minimum absolute atomic E-state index is 0.0388. The van der Waals surface area contributed by atoms with Gasteiger partial charge in [-0.15, -0.1) is 11.3 Å². The van der Waals surface area contributed by atoms with Gasteiger partial charge in [-0.05, 0) is 62.2 Å². The van der Waals surface area contributed by atoms with Crippen LogP contribution in [0.4, 0.5) is 15.2 Å². The number of thiazole rings is 1. The molecule has 1 atom stereocenters. The van der Waals surface area contributed by atoms with Gasteiger partial charge in [-0.1, -0.05) is 6.07 Å². The Morgan fingerprint density at radius 3 is 2.58 bits per heavy atom. The maximum Gasteiger partial charge on any atom is 0.263 e. The lowest BCUT2D eigenvalue weighted by molar-refractivity contribution is -0.124. The van der Waals surface area contributed by atoms with Gasteiger partial charge in [-0.25, -0.2) is 17.8 Å². The Hall–Kier alpha value is -3.44. The van der Waals surface area contributed by atoms with Crippen LogP contribution in [0.3, 0.4) is 0 Å². The average molecular weight is 528 g/mol. The molecule has 1 unspecified atom stereocenters. The highest BCUT2D eigenvalue weighted by molar-refractivity contribution is 7.93. The molecule has 0 radical (unpaired) electrons. The summed E-state index contributed by atoms with van der Waals surface area (Å²) in [4.78, 5) is 19.2. The summed E-state index contributed by atoms with van der Waals surface area (Å²) in [5, 5.41) is 5.67. The van der Waals surface area contributed by atoms with Crippen LogP contribution < -0.4 is 14.9 Å². The first-order chi connectivity index (χ1) is 17.3. The molecule has 11 heteroatoms. The van der Waals surface area contributed by atoms with Crippen LogP contribution in [0.1, 0.15) is 25.8 Å². The molecule has 4 aromatic rings. The fourth-order valence-corrected chi connectivity index (χ4v) is 6.29. The molecule has 0 bridgehead atoms. The first-order valence-electron chi connectivity index (χ1n) is 11.6. The molecule has 1 amide bonds. The molecule has 8 nitrogen and oxygen atoms in total. The van der Waals surface area contributed by atoms with Crippen LogP contribution in [0, 0.1) is 5.82 Å². The third kappa shape index (κ3) is 4.93. The Kier molecular flexibility index (Phi) is 6.67. The molecular formula is C25H26FN5O3S2. The van der Waals surface area contributed by atoms with E-state index in [1.807, 2.05) is 13.0 Å². The van der Waals surface area contributed by atoms with Crippen molar-refractivity contribution in [1.82, 2.24) is 14.9 Å². The van der Waals surface area contributed by atoms with Gasteiger partial charge >= 0.3 is 0 Å². The Morgan fingerprint density at radius 2 is 1.89 bits per heavy atom. The Morgan fingerprint density at radius 1 is 1.14 bits per heavy atom. The van der Waals surface area contributed by atoms with Gasteiger partial charge in [0.1, 0.15) is 11.9 Å². The van der Waals surface area contributed by atoms with Crippen LogP contribution in [0.2, 0.25) is 0 Å². The summed E-state index contributed by atoms with van der Waals surface area (Å²) in [7, 11) is -3.69. The number of anilines is 2. The van der Waals surface area contributed by atoms with Crippen LogP contribution in [0.25, 0.3) is 10.9 Å². The third-order valence-electron chi connectivity index (χ3n) is 6.51. The van der Waals surface area contributed by atoms with E-state index in [4.69, 9.17) is 0 Å². The number of carbonyl (C=O) groups is 1. The number of sulfonamides is 1. The fraction of sp³-hybridized carbons (Fsp3) is 0.280. The van der Waals surface area contributed by atoms with Gasteiger partial charge in [-0.2, -0.15) is 0 Å². The van der Waals surface area contributed by atoms with Crippen LogP contribution >= 0.6 is 11.3 Å². The third-order valence-corrected chi connectivity index (χ3v) is 8.69. The number of benzene rings is 2. The highest BCUT2D eigenvalue weighted by atomic mass is 32.2. The van der Waals surface area contributed by atoms with Crippen molar-refractivity contribution in [2.24, 2.45) is 0 Å². The highest BCUT2D eigenvalue weighted by Crippen LogP contribution is 2.25. The summed E-state index contributed by atoms with van der Waals surface area (Å²) in [6, 6.07) is 12.9. The predicted octanol–water partition coefficient (Wildman–Crippen LogP) is 4.38. The van der Waals surface area contributed by atoms with E-state index < -0.39 is 16.1 Å². The van der Waals surface area contributed by atoms with E-state index in [0.717, 1.165) is 31.6 Å². The molecule has 2 aromatic carbocycles. The molecule has 5 rings (SSSR count). The number of carbonyl (C=O) groups excluding carboxylic acids is 1. The van der Waals surface area contributed by atoms with Crippen molar-refractivity contribution < 1.29 is 17.6 Å². The zero-order chi connectivity index (χ0) is 25.3. The number of halogens is 1. The van der Waals surface area contributed by atoms with Gasteiger partial charge in [0.2, 0.25) is 5.91 Å². The van der Waals surface area contributed by atoms with E-state index >= 15 is 0 Å². The van der Waals surface area contributed by atoms with Gasteiger partial charge in [-0.3, -0.25) is 9.52 Å². The zero-order valence-corrected chi connectivity index (χ0v) is 21.2. The van der Waals surface area contributed by atoms with E-state index in [2.05, 4.69) is 19.9 Å². The van der Waals surface area contributed by atoms with Crippen LogP contribution in [-0.2, 0) is 14.8 Å². The largest absolute Gasteiger partial charge is 0.371 e. The van der Waals surface area contributed by atoms with E-state index in [1.54, 1.807) is 58.7 Å². The second kappa shape index (κ2) is 9.90. The molecule has 0 spiro atoms. The number of amides is 1. The Bertz CT molecular complexity index is 1460. The minimum Gasteiger partial charge on any atom is -0.371 e. The van der Waals surface area contributed by atoms with E-state index in [0.29, 0.717) is 16.0 Å². The standard InChI is InChI=1S/C25H26FN5O3S2/c1-17(31-15-11-21-22(26)3-2-4-23(21)31)24(32)28-18-9-13-30(14-10-18)19-5-7-20(8-6-19)36(33,34)29-25-27-12-16-35-25/h2-8,11-12,15-18H,9-10,13-14H2,1H3,(H,27,29)(H,28,32). The molecule has 0 saturated carbocycles. The topological polar surface area (TPSA) is 96.3 Å². The van der Waals surface area contributed by atoms with Crippen molar-refractivity contribution >= 4 is 49.0 Å². The maximum absolute atomic E-state index is 14.0. The molecule has 3 heterocycles. The number of nitrogens with one attached hydrogen (secondary N) is 2. The van der Waals surface area contributed by atoms with Gasteiger partial charge in [0.15, 0.2) is 5.13 Å². The quantitative estimate of drug-likeness (QED) is 0.372.